The summed E-state index contributed by atoms with van der Waals surface area (Å²) in [5.74, 6) is -0.786. The van der Waals surface area contributed by atoms with Gasteiger partial charge in [0, 0.05) is 11.8 Å². The van der Waals surface area contributed by atoms with Gasteiger partial charge in [0.2, 0.25) is 0 Å². The van der Waals surface area contributed by atoms with Crippen LogP contribution < -0.4 is 5.32 Å². The lowest BCUT2D eigenvalue weighted by molar-refractivity contribution is -0.195. The van der Waals surface area contributed by atoms with E-state index in [2.05, 4.69) is 10.3 Å². The van der Waals surface area contributed by atoms with Crippen LogP contribution in [0.1, 0.15) is 19.4 Å². The Balaban J connectivity index is 3.21. The van der Waals surface area contributed by atoms with Crippen molar-refractivity contribution < 1.29 is 17.6 Å². The Labute approximate surface area is 90.7 Å². The minimum absolute atomic E-state index is 0.118. The molecule has 0 aliphatic rings. The standard InChI is InChI=1S/C10H12F4N2/c1-3-16-9(2,10(12,13)14)7-4-8(11)6-15-5-7/h4-6,16H,3H2,1-2H3. The molecule has 0 saturated heterocycles. The molecule has 0 aliphatic carbocycles. The second kappa shape index (κ2) is 4.37. The molecular formula is C10H12F4N2. The van der Waals surface area contributed by atoms with Crippen molar-refractivity contribution in [3.05, 3.63) is 29.8 Å². The number of rotatable bonds is 3. The zero-order valence-corrected chi connectivity index (χ0v) is 8.90. The number of nitrogens with zero attached hydrogens (tertiary/aromatic N) is 1. The number of aromatic nitrogens is 1. The maximum atomic E-state index is 12.9. The van der Waals surface area contributed by atoms with Crippen LogP contribution in [0.3, 0.4) is 0 Å². The SMILES string of the molecule is CCNC(C)(c1cncc(F)c1)C(F)(F)F. The molecule has 0 amide bonds. The number of hydrogen-bond donors (Lipinski definition) is 1. The highest BCUT2D eigenvalue weighted by Crippen LogP contribution is 2.38. The second-order valence-corrected chi connectivity index (χ2v) is 3.54. The first kappa shape index (κ1) is 12.9. The third-order valence-electron chi connectivity index (χ3n) is 2.38. The zero-order valence-electron chi connectivity index (χ0n) is 8.90. The number of hydrogen-bond acceptors (Lipinski definition) is 2. The summed E-state index contributed by atoms with van der Waals surface area (Å²) in [7, 11) is 0. The first-order valence-corrected chi connectivity index (χ1v) is 4.74. The van der Waals surface area contributed by atoms with E-state index < -0.39 is 17.5 Å². The Morgan fingerprint density at radius 1 is 1.31 bits per heavy atom. The highest BCUT2D eigenvalue weighted by molar-refractivity contribution is 5.22. The lowest BCUT2D eigenvalue weighted by Gasteiger charge is -2.33. The van der Waals surface area contributed by atoms with Crippen LogP contribution in [0.5, 0.6) is 0 Å². The maximum Gasteiger partial charge on any atom is 0.410 e. The van der Waals surface area contributed by atoms with Gasteiger partial charge in [-0.05, 0) is 19.5 Å². The van der Waals surface area contributed by atoms with Gasteiger partial charge in [0.1, 0.15) is 11.4 Å². The van der Waals surface area contributed by atoms with E-state index in [0.29, 0.717) is 0 Å². The molecular weight excluding hydrogens is 224 g/mol. The van der Waals surface area contributed by atoms with E-state index >= 15 is 0 Å². The van der Waals surface area contributed by atoms with Crippen LogP contribution in [0.4, 0.5) is 17.6 Å². The van der Waals surface area contributed by atoms with E-state index in [0.717, 1.165) is 25.4 Å². The van der Waals surface area contributed by atoms with Gasteiger partial charge in [0.25, 0.3) is 0 Å². The Morgan fingerprint density at radius 2 is 1.94 bits per heavy atom. The fourth-order valence-corrected chi connectivity index (χ4v) is 1.40. The van der Waals surface area contributed by atoms with Crippen LogP contribution in [0, 0.1) is 5.82 Å². The van der Waals surface area contributed by atoms with E-state index in [9.17, 15) is 17.6 Å². The normalized spacial score (nSPS) is 15.9. The predicted molar refractivity (Wildman–Crippen MR) is 51.3 cm³/mol. The van der Waals surface area contributed by atoms with Crippen LogP contribution in [0.2, 0.25) is 0 Å². The van der Waals surface area contributed by atoms with Gasteiger partial charge >= 0.3 is 6.18 Å². The second-order valence-electron chi connectivity index (χ2n) is 3.54. The minimum Gasteiger partial charge on any atom is -0.300 e. The molecule has 1 aromatic rings. The molecule has 1 atom stereocenters. The Kier molecular flexibility index (Phi) is 3.52. The van der Waals surface area contributed by atoms with Gasteiger partial charge in [-0.3, -0.25) is 4.98 Å². The summed E-state index contributed by atoms with van der Waals surface area (Å²) >= 11 is 0. The minimum atomic E-state index is -4.52. The van der Waals surface area contributed by atoms with Crippen molar-refractivity contribution >= 4 is 0 Å². The van der Waals surface area contributed by atoms with Crippen LogP contribution in [-0.2, 0) is 5.54 Å². The third-order valence-corrected chi connectivity index (χ3v) is 2.38. The molecule has 1 aromatic heterocycles. The number of alkyl halides is 3. The van der Waals surface area contributed by atoms with E-state index in [1.54, 1.807) is 6.92 Å². The van der Waals surface area contributed by atoms with E-state index in [-0.39, 0.29) is 12.1 Å². The van der Waals surface area contributed by atoms with Crippen molar-refractivity contribution in [1.29, 1.82) is 0 Å². The molecule has 1 rings (SSSR count). The molecule has 2 nitrogen and oxygen atoms in total. The topological polar surface area (TPSA) is 24.9 Å². The first-order valence-electron chi connectivity index (χ1n) is 4.74. The lowest BCUT2D eigenvalue weighted by Crippen LogP contribution is -2.51. The van der Waals surface area contributed by atoms with E-state index in [4.69, 9.17) is 0 Å². The maximum absolute atomic E-state index is 12.9. The lowest BCUT2D eigenvalue weighted by atomic mass is 9.92. The van der Waals surface area contributed by atoms with Crippen molar-refractivity contribution in [2.45, 2.75) is 25.6 Å². The summed E-state index contributed by atoms with van der Waals surface area (Å²) in [6.07, 6.45) is -2.63. The molecule has 90 valence electrons. The molecule has 0 aromatic carbocycles. The van der Waals surface area contributed by atoms with E-state index in [1.165, 1.54) is 0 Å². The van der Waals surface area contributed by atoms with Crippen LogP contribution in [-0.4, -0.2) is 17.7 Å². The highest BCUT2D eigenvalue weighted by atomic mass is 19.4. The summed E-state index contributed by atoms with van der Waals surface area (Å²) in [5, 5.41) is 2.31. The molecule has 0 fully saturated rings. The van der Waals surface area contributed by atoms with Gasteiger partial charge in [-0.2, -0.15) is 13.2 Å². The summed E-state index contributed by atoms with van der Waals surface area (Å²) in [6.45, 7) is 2.64. The average molecular weight is 236 g/mol. The van der Waals surface area contributed by atoms with Crippen molar-refractivity contribution in [3.8, 4) is 0 Å². The van der Waals surface area contributed by atoms with Gasteiger partial charge in [0.05, 0.1) is 6.20 Å². The summed E-state index contributed by atoms with van der Waals surface area (Å²) in [6, 6.07) is 0.836. The third kappa shape index (κ3) is 2.32. The Bertz CT molecular complexity index is 364. The van der Waals surface area contributed by atoms with Gasteiger partial charge < -0.3 is 5.32 Å². The number of pyridine rings is 1. The summed E-state index contributed by atoms with van der Waals surface area (Å²) < 4.78 is 51.6. The largest absolute Gasteiger partial charge is 0.410 e. The molecule has 1 unspecified atom stereocenters. The molecule has 6 heteroatoms. The first-order chi connectivity index (χ1) is 7.31. The molecule has 1 heterocycles. The average Bonchev–Trinajstić information content (AvgIpc) is 2.16. The predicted octanol–water partition coefficient (Wildman–Crippen LogP) is 2.61. The van der Waals surface area contributed by atoms with Crippen molar-refractivity contribution in [3.63, 3.8) is 0 Å². The molecule has 0 spiro atoms. The quantitative estimate of drug-likeness (QED) is 0.816. The molecule has 16 heavy (non-hydrogen) atoms. The number of halogens is 4. The molecule has 0 saturated carbocycles. The number of nitrogens with one attached hydrogen (secondary N) is 1. The fraction of sp³-hybridized carbons (Fsp3) is 0.500. The zero-order chi connectivity index (χ0) is 12.4. The molecule has 0 radical (unpaired) electrons. The fourth-order valence-electron chi connectivity index (χ4n) is 1.40. The van der Waals surface area contributed by atoms with Crippen molar-refractivity contribution in [1.82, 2.24) is 10.3 Å². The van der Waals surface area contributed by atoms with Gasteiger partial charge in [0.15, 0.2) is 0 Å². The van der Waals surface area contributed by atoms with Crippen LogP contribution in [0.25, 0.3) is 0 Å². The summed E-state index contributed by atoms with van der Waals surface area (Å²) in [5.41, 5.74) is -2.52. The van der Waals surface area contributed by atoms with Crippen LogP contribution in [0.15, 0.2) is 18.5 Å². The van der Waals surface area contributed by atoms with Crippen LogP contribution >= 0.6 is 0 Å². The van der Waals surface area contributed by atoms with Crippen molar-refractivity contribution in [2.24, 2.45) is 0 Å². The molecule has 1 N–H and O–H groups in total. The summed E-state index contributed by atoms with van der Waals surface area (Å²) in [4.78, 5) is 3.43. The highest BCUT2D eigenvalue weighted by Gasteiger charge is 2.52. The Hall–Kier alpha value is -1.17. The molecule has 0 aliphatic heterocycles. The smallest absolute Gasteiger partial charge is 0.300 e. The van der Waals surface area contributed by atoms with Gasteiger partial charge in [-0.25, -0.2) is 4.39 Å². The van der Waals surface area contributed by atoms with Crippen molar-refractivity contribution in [2.75, 3.05) is 6.54 Å². The monoisotopic (exact) mass is 236 g/mol. The van der Waals surface area contributed by atoms with Gasteiger partial charge in [-0.15, -0.1) is 0 Å². The van der Waals surface area contributed by atoms with Gasteiger partial charge in [-0.1, -0.05) is 6.92 Å². The van der Waals surface area contributed by atoms with E-state index in [1.807, 2.05) is 0 Å². The Morgan fingerprint density at radius 3 is 2.38 bits per heavy atom. The molecule has 0 bridgehead atoms.